The maximum absolute atomic E-state index is 15.2. The van der Waals surface area contributed by atoms with Gasteiger partial charge >= 0.3 is 6.03 Å². The van der Waals surface area contributed by atoms with E-state index in [0.29, 0.717) is 46.1 Å². The van der Waals surface area contributed by atoms with Crippen molar-refractivity contribution in [2.45, 2.75) is 217 Å². The Morgan fingerprint density at radius 1 is 0.695 bits per heavy atom. The SMILES string of the molecule is CC(C)(O)c1nc(CCO[Si](C)(C)C(C)(C)C)c(S(N)(=O)=O)s1.CC(C)c1cc(C#N)c(F)c(C(C)C)c1N=C=O.CC(C)c1cc(C#N)c(F)c(C(C)C)c1NC(=O)NS(=O)(=O)c1sc(C(C)(C)O)nc1CCO[Si](C)(C)C(C)(C)C. The molecule has 26 heteroatoms. The van der Waals surface area contributed by atoms with Crippen LogP contribution in [0.25, 0.3) is 0 Å². The van der Waals surface area contributed by atoms with Crippen LogP contribution in [0.15, 0.2) is 25.5 Å². The molecular weight excluding hydrogens is 1170 g/mol. The molecule has 2 heterocycles. The summed E-state index contributed by atoms with van der Waals surface area (Å²) in [6.45, 7) is 42.4. The number of nitrogens with zero attached hydrogens (tertiary/aromatic N) is 5. The van der Waals surface area contributed by atoms with Gasteiger partial charge in [0.15, 0.2) is 25.1 Å². The molecule has 0 unspecified atom stereocenters. The lowest BCUT2D eigenvalue weighted by Crippen LogP contribution is -2.41. The number of amides is 2. The van der Waals surface area contributed by atoms with Crippen molar-refractivity contribution in [3.05, 3.63) is 78.6 Å². The lowest BCUT2D eigenvalue weighted by atomic mass is 9.90. The predicted molar refractivity (Wildman–Crippen MR) is 326 cm³/mol. The van der Waals surface area contributed by atoms with E-state index in [1.54, 1.807) is 41.5 Å². The van der Waals surface area contributed by atoms with E-state index in [9.17, 15) is 46.3 Å². The molecular formula is C56H86F2N8O10S4Si2. The molecule has 0 aliphatic heterocycles. The third kappa shape index (κ3) is 19.2. The summed E-state index contributed by atoms with van der Waals surface area (Å²) in [6.07, 6.45) is 1.98. The molecule has 0 bridgehead atoms. The van der Waals surface area contributed by atoms with Crippen LogP contribution in [0.4, 0.5) is 25.0 Å². The molecule has 0 saturated carbocycles. The number of isocyanates is 1. The maximum Gasteiger partial charge on any atom is 0.333 e. The number of benzene rings is 2. The molecule has 0 saturated heterocycles. The van der Waals surface area contributed by atoms with Crippen molar-refractivity contribution in [2.24, 2.45) is 10.1 Å². The van der Waals surface area contributed by atoms with Gasteiger partial charge in [-0.1, -0.05) is 96.9 Å². The van der Waals surface area contributed by atoms with E-state index >= 15 is 4.39 Å². The molecule has 0 aliphatic carbocycles. The van der Waals surface area contributed by atoms with Gasteiger partial charge in [-0.3, -0.25) is 0 Å². The minimum Gasteiger partial charge on any atom is -0.416 e. The predicted octanol–water partition coefficient (Wildman–Crippen LogP) is 13.2. The number of halogens is 2. The highest BCUT2D eigenvalue weighted by Gasteiger charge is 2.39. The number of nitrogens with one attached hydrogen (secondary N) is 2. The van der Waals surface area contributed by atoms with Crippen molar-refractivity contribution in [1.82, 2.24) is 14.7 Å². The molecule has 456 valence electrons. The Bertz CT molecular complexity index is 3300. The van der Waals surface area contributed by atoms with Crippen LogP contribution in [0.5, 0.6) is 0 Å². The Balaban J connectivity index is 0.000000469. The maximum atomic E-state index is 15.2. The lowest BCUT2D eigenvalue weighted by molar-refractivity contribution is 0.0775. The summed E-state index contributed by atoms with van der Waals surface area (Å²) in [5.74, 6) is -2.08. The van der Waals surface area contributed by atoms with E-state index < -0.39 is 71.5 Å². The van der Waals surface area contributed by atoms with Crippen LogP contribution < -0.4 is 15.2 Å². The molecule has 4 rings (SSSR count). The molecule has 0 spiro atoms. The average Bonchev–Trinajstić information content (AvgIpc) is 3.95. The largest absolute Gasteiger partial charge is 0.416 e. The quantitative estimate of drug-likeness (QED) is 0.0331. The van der Waals surface area contributed by atoms with Crippen molar-refractivity contribution in [1.29, 1.82) is 10.5 Å². The highest BCUT2D eigenvalue weighted by Crippen LogP contribution is 2.41. The Kier molecular flexibility index (Phi) is 25.1. The standard InChI is InChI=1S/C28H43FN4O5S2Si.C14H15FN2O.C14H28N2O4S2Si/c1-16(2)19-14-18(15-30)22(29)21(17(3)4)23(19)32-26(34)33-40(36,37)24-20(31-25(39-24)28(8,9)35)12-13-38-41(10,11)27(5,6)7;1-8(2)11-5-10(6-16)13(15)12(9(3)4)14(11)17-7-18;1-13(2,3)23(6,7)20-9-8-10-11(22(15,18)19)21-12(16-10)14(4,5)17/h14,16-17,35H,12-13H2,1-11H3,(H2,32,33,34);5,8-9H,1-4H3;17H,8-9H2,1-7H3,(H2,15,18,19). The zero-order valence-electron chi connectivity index (χ0n) is 51.7. The Hall–Kier alpha value is -4.68. The molecule has 2 amide bonds. The first-order valence-corrected chi connectivity index (χ1v) is 37.2. The zero-order chi connectivity index (χ0) is 63.9. The van der Waals surface area contributed by atoms with Gasteiger partial charge in [-0.2, -0.15) is 15.5 Å². The highest BCUT2D eigenvalue weighted by atomic mass is 32.3. The van der Waals surface area contributed by atoms with E-state index in [1.807, 2.05) is 44.6 Å². The molecule has 0 radical (unpaired) electrons. The zero-order valence-corrected chi connectivity index (χ0v) is 56.9. The second-order valence-corrected chi connectivity index (χ2v) is 40.4. The number of aliphatic imine (C=N–C) groups is 1. The topological polar surface area (TPSA) is 297 Å². The van der Waals surface area contributed by atoms with Gasteiger partial charge in [0, 0.05) is 37.2 Å². The highest BCUT2D eigenvalue weighted by molar-refractivity contribution is 7.92. The van der Waals surface area contributed by atoms with Crippen molar-refractivity contribution >= 4 is 82.8 Å². The smallest absolute Gasteiger partial charge is 0.333 e. The summed E-state index contributed by atoms with van der Waals surface area (Å²) in [6, 6.07) is 5.43. The number of sulfonamides is 2. The third-order valence-corrected chi connectivity index (χ3v) is 29.3. The first kappa shape index (κ1) is 73.4. The molecule has 0 fully saturated rings. The number of nitrogens with two attached hydrogens (primary N) is 1. The number of anilines is 1. The van der Waals surface area contributed by atoms with Gasteiger partial charge in [-0.05, 0) is 111 Å². The van der Waals surface area contributed by atoms with Gasteiger partial charge in [0.1, 0.15) is 45.0 Å². The monoisotopic (exact) mass is 1250 g/mol. The molecule has 82 heavy (non-hydrogen) atoms. The van der Waals surface area contributed by atoms with Crippen molar-refractivity contribution in [2.75, 3.05) is 18.5 Å². The third-order valence-electron chi connectivity index (χ3n) is 14.0. The summed E-state index contributed by atoms with van der Waals surface area (Å²) in [4.78, 5) is 35.9. The molecule has 2 aromatic carbocycles. The van der Waals surface area contributed by atoms with Crippen LogP contribution >= 0.6 is 22.7 Å². The fourth-order valence-electron chi connectivity index (χ4n) is 7.32. The summed E-state index contributed by atoms with van der Waals surface area (Å²) in [5.41, 5.74) is -0.158. The van der Waals surface area contributed by atoms with Crippen molar-refractivity contribution in [3.8, 4) is 12.1 Å². The first-order valence-electron chi connectivity index (χ1n) is 26.7. The van der Waals surface area contributed by atoms with E-state index in [0.717, 1.165) is 22.7 Å². The van der Waals surface area contributed by atoms with Crippen molar-refractivity contribution < 1.29 is 54.3 Å². The molecule has 0 atom stereocenters. The second-order valence-electron chi connectivity index (χ2n) is 25.2. The van der Waals surface area contributed by atoms with Crippen LogP contribution in [-0.2, 0) is 57.7 Å². The number of carbonyl (C=O) groups is 1. The van der Waals surface area contributed by atoms with Gasteiger partial charge in [0.25, 0.3) is 10.0 Å². The number of thiazole rings is 2. The van der Waals surface area contributed by atoms with E-state index in [2.05, 4.69) is 88.0 Å². The minimum atomic E-state index is -4.44. The van der Waals surface area contributed by atoms with Crippen LogP contribution in [0.1, 0.15) is 203 Å². The Morgan fingerprint density at radius 2 is 1.07 bits per heavy atom. The van der Waals surface area contributed by atoms with Gasteiger partial charge in [0.05, 0.1) is 33.9 Å². The van der Waals surface area contributed by atoms with Crippen LogP contribution in [0.2, 0.25) is 36.3 Å². The normalized spacial score (nSPS) is 12.8. The van der Waals surface area contributed by atoms with Gasteiger partial charge < -0.3 is 24.4 Å². The van der Waals surface area contributed by atoms with Crippen LogP contribution in [0.3, 0.4) is 0 Å². The summed E-state index contributed by atoms with van der Waals surface area (Å²) in [7, 11) is -12.3. The molecule has 0 aliphatic rings. The van der Waals surface area contributed by atoms with Gasteiger partial charge in [0.2, 0.25) is 16.1 Å². The number of aliphatic hydroxyl groups is 2. The Labute approximate surface area is 495 Å². The van der Waals surface area contributed by atoms with Gasteiger partial charge in [-0.15, -0.1) is 22.7 Å². The number of urea groups is 1. The number of rotatable bonds is 19. The minimum absolute atomic E-state index is 0.00718. The average molecular weight is 1250 g/mol. The molecule has 4 aromatic rings. The van der Waals surface area contributed by atoms with Crippen LogP contribution in [-0.4, -0.2) is 79.0 Å². The summed E-state index contributed by atoms with van der Waals surface area (Å²) >= 11 is 1.70. The fraction of sp³-hybridized carbons (Fsp3) is 0.607. The molecule has 18 nitrogen and oxygen atoms in total. The van der Waals surface area contributed by atoms with Crippen molar-refractivity contribution in [3.63, 3.8) is 0 Å². The van der Waals surface area contributed by atoms with E-state index in [-0.39, 0.29) is 82.4 Å². The molecule has 6 N–H and O–H groups in total. The number of carbonyl (C=O) groups excluding carboxylic acids is 2. The van der Waals surface area contributed by atoms with Gasteiger partial charge in [-0.25, -0.2) is 55.0 Å². The fourth-order valence-corrected chi connectivity index (χ4v) is 13.9. The lowest BCUT2D eigenvalue weighted by Gasteiger charge is -2.36. The summed E-state index contributed by atoms with van der Waals surface area (Å²) < 4.78 is 93.9. The Morgan fingerprint density at radius 3 is 1.41 bits per heavy atom. The molecule has 2 aromatic heterocycles. The van der Waals surface area contributed by atoms with Crippen LogP contribution in [0, 0.1) is 34.3 Å². The van der Waals surface area contributed by atoms with E-state index in [1.165, 1.54) is 32.1 Å². The van der Waals surface area contributed by atoms with E-state index in [4.69, 9.17) is 19.3 Å². The number of aromatic nitrogens is 2. The summed E-state index contributed by atoms with van der Waals surface area (Å²) in [5, 5.41) is 47.3. The number of hydrogen-bond acceptors (Lipinski definition) is 17. The number of nitriles is 2. The first-order chi connectivity index (χ1) is 37.0. The second kappa shape index (κ2) is 28.0. The number of hydrogen-bond donors (Lipinski definition) is 5. The number of primary sulfonamides is 1.